The highest BCUT2D eigenvalue weighted by Crippen LogP contribution is 2.67. The summed E-state index contributed by atoms with van der Waals surface area (Å²) in [4.78, 5) is 2.59. The summed E-state index contributed by atoms with van der Waals surface area (Å²) in [6.45, 7) is 24.6. The number of hydrogen-bond acceptors (Lipinski definition) is 4. The fourth-order valence-electron chi connectivity index (χ4n) is 21.2. The predicted molar refractivity (Wildman–Crippen MR) is 431 cm³/mol. The molecule has 0 aliphatic heterocycles. The summed E-state index contributed by atoms with van der Waals surface area (Å²) < 4.78 is 24.0. The van der Waals surface area contributed by atoms with E-state index in [2.05, 4.69) is 333 Å². The summed E-state index contributed by atoms with van der Waals surface area (Å²) in [7, 11) is 0. The smallest absolute Gasteiger partial charge is 0.144 e. The third-order valence-corrected chi connectivity index (χ3v) is 25.8. The van der Waals surface area contributed by atoms with Crippen molar-refractivity contribution in [1.82, 2.24) is 4.57 Å². The lowest BCUT2D eigenvalue weighted by atomic mass is 9.72. The first kappa shape index (κ1) is 58.7. The van der Waals surface area contributed by atoms with Gasteiger partial charge in [-0.3, -0.25) is 0 Å². The molecule has 4 heterocycles. The van der Waals surface area contributed by atoms with Gasteiger partial charge in [0.1, 0.15) is 33.5 Å². The van der Waals surface area contributed by atoms with Gasteiger partial charge in [-0.25, -0.2) is 0 Å². The van der Waals surface area contributed by atoms with E-state index in [0.29, 0.717) is 0 Å². The predicted octanol–water partition coefficient (Wildman–Crippen LogP) is 27.2. The molecule has 5 aliphatic rings. The Morgan fingerprint density at radius 2 is 0.644 bits per heavy atom. The van der Waals surface area contributed by atoms with Gasteiger partial charge in [-0.15, -0.1) is 0 Å². The Labute approximate surface area is 602 Å². The molecule has 0 amide bonds. The van der Waals surface area contributed by atoms with Crippen LogP contribution in [0.5, 0.6) is 0 Å². The summed E-state index contributed by atoms with van der Waals surface area (Å²) in [5, 5.41) is 9.44. The number of nitrogens with zero attached hydrogens (tertiary/aromatic N) is 2. The number of benzene rings is 14. The normalized spacial score (nSPS) is 16.0. The fourth-order valence-corrected chi connectivity index (χ4v) is 21.2. The molecule has 0 spiro atoms. The Morgan fingerprint density at radius 1 is 0.260 bits per heavy atom. The Hall–Kier alpha value is -11.9. The molecule has 14 aromatic carbocycles. The topological polar surface area (TPSA) is 47.6 Å². The van der Waals surface area contributed by atoms with Crippen molar-refractivity contribution < 1.29 is 13.3 Å². The van der Waals surface area contributed by atoms with Crippen LogP contribution in [0.1, 0.15) is 125 Å². The van der Waals surface area contributed by atoms with Crippen LogP contribution in [0.4, 0.5) is 17.1 Å². The number of furan rings is 3. The van der Waals surface area contributed by atoms with Gasteiger partial charge in [0.05, 0.1) is 11.0 Å². The van der Waals surface area contributed by atoms with E-state index < -0.39 is 16.2 Å². The second kappa shape index (κ2) is 19.4. The molecule has 104 heavy (non-hydrogen) atoms. The largest absolute Gasteiger partial charge is 0.455 e. The van der Waals surface area contributed by atoms with E-state index in [1.165, 1.54) is 138 Å². The third kappa shape index (κ3) is 7.07. The van der Waals surface area contributed by atoms with E-state index in [-0.39, 0.29) is 10.8 Å². The zero-order valence-corrected chi connectivity index (χ0v) is 59.9. The summed E-state index contributed by atoms with van der Waals surface area (Å²) in [5.74, 6) is 0. The van der Waals surface area contributed by atoms with Gasteiger partial charge < -0.3 is 22.7 Å². The zero-order valence-electron chi connectivity index (χ0n) is 59.9. The molecule has 0 atom stereocenters. The monoisotopic (exact) mass is 1340 g/mol. The van der Waals surface area contributed by atoms with E-state index in [1.807, 2.05) is 0 Å². The van der Waals surface area contributed by atoms with E-state index >= 15 is 0 Å². The highest BCUT2D eigenvalue weighted by atomic mass is 16.3. The maximum Gasteiger partial charge on any atom is 0.144 e. The van der Waals surface area contributed by atoms with Crippen LogP contribution < -0.4 is 4.90 Å². The van der Waals surface area contributed by atoms with Crippen molar-refractivity contribution in [2.24, 2.45) is 0 Å². The van der Waals surface area contributed by atoms with Gasteiger partial charge in [-0.2, -0.15) is 0 Å². The number of fused-ring (bicyclic) bond motifs is 34. The van der Waals surface area contributed by atoms with Crippen molar-refractivity contribution in [3.63, 3.8) is 0 Å². The van der Waals surface area contributed by atoms with Crippen LogP contribution in [-0.4, -0.2) is 4.57 Å². The first-order valence-electron chi connectivity index (χ1n) is 37.0. The maximum atomic E-state index is 7.22. The van der Waals surface area contributed by atoms with Crippen LogP contribution in [0.2, 0.25) is 0 Å². The lowest BCUT2D eigenvalue weighted by Gasteiger charge is -2.33. The van der Waals surface area contributed by atoms with Gasteiger partial charge >= 0.3 is 0 Å². The Morgan fingerprint density at radius 3 is 1.16 bits per heavy atom. The van der Waals surface area contributed by atoms with Crippen molar-refractivity contribution in [3.05, 3.63) is 310 Å². The molecular formula is C99H72N2O3. The maximum absolute atomic E-state index is 7.22. The number of aromatic nitrogens is 1. The van der Waals surface area contributed by atoms with Crippen LogP contribution in [-0.2, 0) is 27.1 Å². The van der Waals surface area contributed by atoms with Crippen molar-refractivity contribution in [3.8, 4) is 72.4 Å². The summed E-state index contributed by atoms with van der Waals surface area (Å²) in [6.07, 6.45) is 0. The molecule has 0 saturated heterocycles. The van der Waals surface area contributed by atoms with E-state index in [1.54, 1.807) is 0 Å². The second-order valence-corrected chi connectivity index (χ2v) is 32.9. The summed E-state index contributed by atoms with van der Waals surface area (Å²) in [5.41, 5.74) is 38.7. The molecule has 5 nitrogen and oxygen atoms in total. The van der Waals surface area contributed by atoms with Crippen molar-refractivity contribution in [1.29, 1.82) is 0 Å². The molecule has 23 rings (SSSR count). The van der Waals surface area contributed by atoms with Crippen molar-refractivity contribution in [2.75, 3.05) is 4.90 Å². The fraction of sp³-hybridized carbons (Fsp3) is 0.152. The Balaban J connectivity index is 0.757. The number of para-hydroxylation sites is 5. The molecule has 4 aromatic heterocycles. The summed E-state index contributed by atoms with van der Waals surface area (Å²) >= 11 is 0. The quantitative estimate of drug-likeness (QED) is 0.172. The van der Waals surface area contributed by atoms with Crippen LogP contribution in [0.25, 0.3) is 160 Å². The lowest BCUT2D eigenvalue weighted by molar-refractivity contribution is 0.600. The molecular weight excluding hydrogens is 1270 g/mol. The molecule has 496 valence electrons. The van der Waals surface area contributed by atoms with Gasteiger partial charge in [0.15, 0.2) is 0 Å². The minimum absolute atomic E-state index is 0.292. The average molecular weight is 1340 g/mol. The average Bonchev–Trinajstić information content (AvgIpc) is 1.51. The zero-order chi connectivity index (χ0) is 69.7. The molecule has 0 bridgehead atoms. The van der Waals surface area contributed by atoms with Crippen LogP contribution >= 0.6 is 0 Å². The Kier molecular flexibility index (Phi) is 11.0. The number of hydrogen-bond donors (Lipinski definition) is 0. The molecule has 0 N–H and O–H groups in total. The molecule has 5 heteroatoms. The van der Waals surface area contributed by atoms with Gasteiger partial charge in [-0.05, 0) is 191 Å². The minimum Gasteiger partial charge on any atom is -0.455 e. The Bertz CT molecular complexity index is 6760. The molecule has 0 radical (unpaired) electrons. The van der Waals surface area contributed by atoms with Gasteiger partial charge in [-0.1, -0.05) is 239 Å². The lowest BCUT2D eigenvalue weighted by Crippen LogP contribution is -2.24. The van der Waals surface area contributed by atoms with Crippen LogP contribution in [0.3, 0.4) is 0 Å². The summed E-state index contributed by atoms with van der Waals surface area (Å²) in [6, 6.07) is 95.5. The van der Waals surface area contributed by atoms with Gasteiger partial charge in [0.2, 0.25) is 0 Å². The number of anilines is 3. The first-order valence-corrected chi connectivity index (χ1v) is 37.0. The first-order chi connectivity index (χ1) is 50.4. The molecule has 18 aromatic rings. The minimum atomic E-state index is -0.452. The van der Waals surface area contributed by atoms with Crippen LogP contribution in [0.15, 0.2) is 268 Å². The third-order valence-electron chi connectivity index (χ3n) is 25.8. The molecule has 0 unspecified atom stereocenters. The SMILES string of the molecule is CC1(C)c2cc(N(c3ccc4c(c3)C(C)(C)c3c5c(c6oc7ccccc7c6c3-4)-c3ccccc3C5(C)C)c3ccc4c(c3)C(C)(C)c3c5c(c6oc7ccccc7c6c3-4)-c3ccccc3C5(C)C)ccc2-c2c1cc(-c1ccc3c4ccccc4n(-c4ccccc4)c3c1)c1oc3ccccc3c21. The van der Waals surface area contributed by atoms with Crippen LogP contribution in [0, 0.1) is 0 Å². The van der Waals surface area contributed by atoms with E-state index in [4.69, 9.17) is 13.3 Å². The molecule has 0 fully saturated rings. The standard InChI is InChI=1S/C99H72N2O3/c1-95(2)71-49-55(41-45-62(71)80-74(95)52-68(92-83(80)65-31-17-23-37-77(65)102-92)53-40-44-59-58-28-16-22-36-75(58)101(76(59)48-53)54-26-12-11-13-27-54)100(56-42-46-63-72(50-56)98(7,8)88-81(63)84-66-32-18-24-38-78(66)103-93(84)86-60-29-14-20-34-69(60)96(3,4)90(86)88)57-43-47-64-73(51-57)99(9,10)89-82(64)85-67-33-19-25-39-79(67)104-94(85)87-61-30-15-21-35-70(61)97(5,6)91(87)89/h11-52H,1-10H3. The van der Waals surface area contributed by atoms with Gasteiger partial charge in [0, 0.05) is 110 Å². The molecule has 0 saturated carbocycles. The highest BCUT2D eigenvalue weighted by Gasteiger charge is 2.51. The van der Waals surface area contributed by atoms with Gasteiger partial charge in [0.25, 0.3) is 0 Å². The second-order valence-electron chi connectivity index (χ2n) is 32.9. The highest BCUT2D eigenvalue weighted by molar-refractivity contribution is 6.24. The van der Waals surface area contributed by atoms with E-state index in [9.17, 15) is 0 Å². The van der Waals surface area contributed by atoms with Crippen molar-refractivity contribution >= 4 is 105 Å². The van der Waals surface area contributed by atoms with E-state index in [0.717, 1.165) is 94.4 Å². The number of rotatable bonds is 5. The molecule has 5 aliphatic carbocycles. The van der Waals surface area contributed by atoms with Crippen molar-refractivity contribution in [2.45, 2.75) is 96.3 Å².